The molecule has 0 N–H and O–H groups in total. The topological polar surface area (TPSA) is 63.7 Å². The van der Waals surface area contributed by atoms with Crippen LogP contribution in [0.4, 0.5) is 26.7 Å². The maximum atomic E-state index is 12.9. The monoisotopic (exact) mass is 423 g/mol. The van der Waals surface area contributed by atoms with Gasteiger partial charge in [-0.15, -0.1) is 0 Å². The third-order valence-electron chi connectivity index (χ3n) is 4.14. The molecule has 160 valence electrons. The van der Waals surface area contributed by atoms with Gasteiger partial charge < -0.3 is 9.64 Å². The van der Waals surface area contributed by atoms with Crippen LogP contribution in [0.15, 0.2) is 0 Å². The number of ether oxygens (including phenoxy) is 1. The second-order valence-corrected chi connectivity index (χ2v) is 10.0. The van der Waals surface area contributed by atoms with Crippen molar-refractivity contribution in [1.29, 1.82) is 0 Å². The van der Waals surface area contributed by atoms with E-state index in [2.05, 4.69) is 0 Å². The highest BCUT2D eigenvalue weighted by Gasteiger charge is 2.57. The average Bonchev–Trinajstić information content (AvgIpc) is 2.91. The van der Waals surface area contributed by atoms with Crippen molar-refractivity contribution >= 4 is 15.9 Å². The molecule has 27 heavy (non-hydrogen) atoms. The molecule has 0 aromatic rings. The summed E-state index contributed by atoms with van der Waals surface area (Å²) in [4.78, 5) is 13.6. The molecule has 0 aliphatic carbocycles. The van der Waals surface area contributed by atoms with Crippen LogP contribution < -0.4 is 0 Å². The third-order valence-corrected chi connectivity index (χ3v) is 5.88. The Balaban J connectivity index is 2.50. The molecule has 0 radical (unpaired) electrons. The highest BCUT2D eigenvalue weighted by Crippen LogP contribution is 2.38. The van der Waals surface area contributed by atoms with Gasteiger partial charge in [-0.2, -0.15) is 22.0 Å². The van der Waals surface area contributed by atoms with Gasteiger partial charge in [-0.3, -0.25) is 0 Å². The van der Waals surface area contributed by atoms with Crippen LogP contribution in [0.5, 0.6) is 0 Å². The van der Waals surface area contributed by atoms with Gasteiger partial charge in [0.15, 0.2) is 9.84 Å². The van der Waals surface area contributed by atoms with Gasteiger partial charge in [0.2, 0.25) is 0 Å². The fourth-order valence-corrected chi connectivity index (χ4v) is 4.14. The van der Waals surface area contributed by atoms with Gasteiger partial charge in [0.25, 0.3) is 0 Å². The Morgan fingerprint density at radius 3 is 2.22 bits per heavy atom. The minimum atomic E-state index is -5.76. The summed E-state index contributed by atoms with van der Waals surface area (Å²) in [6.07, 6.45) is -6.28. The van der Waals surface area contributed by atoms with Crippen LogP contribution in [0.1, 0.15) is 52.9 Å². The fourth-order valence-electron chi connectivity index (χ4n) is 2.76. The number of carbonyl (C=O) groups is 1. The van der Waals surface area contributed by atoms with Gasteiger partial charge in [0.05, 0.1) is 11.5 Å². The number of alkyl halides is 5. The van der Waals surface area contributed by atoms with Crippen LogP contribution >= 0.6 is 0 Å². The first-order chi connectivity index (χ1) is 12.0. The van der Waals surface area contributed by atoms with E-state index in [0.717, 1.165) is 6.42 Å². The number of hydrogen-bond acceptors (Lipinski definition) is 4. The van der Waals surface area contributed by atoms with Crippen molar-refractivity contribution in [3.05, 3.63) is 0 Å². The summed E-state index contributed by atoms with van der Waals surface area (Å²) >= 11 is 0. The third kappa shape index (κ3) is 7.79. The molecule has 0 aromatic heterocycles. The van der Waals surface area contributed by atoms with Gasteiger partial charge in [-0.25, -0.2) is 13.2 Å². The van der Waals surface area contributed by atoms with Gasteiger partial charge in [0.1, 0.15) is 5.60 Å². The van der Waals surface area contributed by atoms with Crippen molar-refractivity contribution in [2.75, 3.05) is 18.1 Å². The van der Waals surface area contributed by atoms with Crippen LogP contribution in [-0.4, -0.2) is 61.2 Å². The molecule has 0 spiro atoms. The van der Waals surface area contributed by atoms with E-state index in [1.54, 1.807) is 20.8 Å². The second kappa shape index (κ2) is 8.48. The largest absolute Gasteiger partial charge is 0.453 e. The molecule has 1 atom stereocenters. The molecular formula is C16H26F5NO4S. The van der Waals surface area contributed by atoms with E-state index in [4.69, 9.17) is 4.74 Å². The summed E-state index contributed by atoms with van der Waals surface area (Å²) in [5.41, 5.74) is -0.669. The van der Waals surface area contributed by atoms with E-state index in [-0.39, 0.29) is 12.5 Å². The first-order valence-corrected chi connectivity index (χ1v) is 10.5. The quantitative estimate of drug-likeness (QED) is 0.577. The Labute approximate surface area is 156 Å². The van der Waals surface area contributed by atoms with Gasteiger partial charge in [-0.05, 0) is 46.5 Å². The molecule has 1 heterocycles. The molecule has 0 saturated carbocycles. The fraction of sp³-hybridized carbons (Fsp3) is 0.938. The van der Waals surface area contributed by atoms with Gasteiger partial charge in [0, 0.05) is 19.0 Å². The van der Waals surface area contributed by atoms with Crippen LogP contribution in [0, 0.1) is 0 Å². The smallest absolute Gasteiger partial charge is 0.444 e. The van der Waals surface area contributed by atoms with Crippen LogP contribution in [-0.2, 0) is 14.6 Å². The average molecular weight is 423 g/mol. The number of amides is 1. The van der Waals surface area contributed by atoms with E-state index in [1.165, 1.54) is 4.90 Å². The lowest BCUT2D eigenvalue weighted by Gasteiger charge is -2.28. The summed E-state index contributed by atoms with van der Waals surface area (Å²) in [6.45, 7) is 5.64. The first-order valence-electron chi connectivity index (χ1n) is 8.69. The minimum Gasteiger partial charge on any atom is -0.444 e. The maximum Gasteiger partial charge on any atom is 0.453 e. The van der Waals surface area contributed by atoms with E-state index >= 15 is 0 Å². The molecule has 1 rings (SSSR count). The summed E-state index contributed by atoms with van der Waals surface area (Å²) in [6, 6.07) is -0.230. The maximum absolute atomic E-state index is 12.9. The van der Waals surface area contributed by atoms with E-state index in [1.807, 2.05) is 0 Å². The van der Waals surface area contributed by atoms with Crippen molar-refractivity contribution in [1.82, 2.24) is 4.90 Å². The zero-order valence-corrected chi connectivity index (χ0v) is 16.4. The van der Waals surface area contributed by atoms with E-state index < -0.39 is 51.6 Å². The second-order valence-electron chi connectivity index (χ2n) is 7.72. The Hall–Kier alpha value is -1.13. The zero-order valence-electron chi connectivity index (χ0n) is 15.6. The molecule has 0 aromatic carbocycles. The van der Waals surface area contributed by atoms with Crippen LogP contribution in [0.2, 0.25) is 0 Å². The number of likely N-dealkylation sites (tertiary alicyclic amines) is 1. The van der Waals surface area contributed by atoms with Crippen molar-refractivity contribution in [3.8, 4) is 0 Å². The molecule has 1 aliphatic heterocycles. The summed E-state index contributed by atoms with van der Waals surface area (Å²) in [5.74, 6) is -6.77. The molecule has 1 aliphatic rings. The van der Waals surface area contributed by atoms with Crippen molar-refractivity contribution < 1.29 is 39.9 Å². The summed E-state index contributed by atoms with van der Waals surface area (Å²) < 4.78 is 90.9. The molecule has 1 fully saturated rings. The highest BCUT2D eigenvalue weighted by molar-refractivity contribution is 7.91. The number of sulfone groups is 1. The molecule has 1 amide bonds. The molecule has 0 bridgehead atoms. The number of hydrogen-bond donors (Lipinski definition) is 0. The van der Waals surface area contributed by atoms with E-state index in [0.29, 0.717) is 19.4 Å². The van der Waals surface area contributed by atoms with Gasteiger partial charge in [-0.1, -0.05) is 0 Å². The number of halogens is 5. The Morgan fingerprint density at radius 2 is 1.70 bits per heavy atom. The Kier molecular flexibility index (Phi) is 7.51. The lowest BCUT2D eigenvalue weighted by molar-refractivity contribution is -0.282. The van der Waals surface area contributed by atoms with Crippen molar-refractivity contribution in [2.24, 2.45) is 0 Å². The lowest BCUT2D eigenvalue weighted by atomic mass is 10.1. The Morgan fingerprint density at radius 1 is 1.11 bits per heavy atom. The van der Waals surface area contributed by atoms with Crippen molar-refractivity contribution in [3.63, 3.8) is 0 Å². The van der Waals surface area contributed by atoms with Gasteiger partial charge >= 0.3 is 18.2 Å². The minimum absolute atomic E-state index is 0.0733. The van der Waals surface area contributed by atoms with Crippen LogP contribution in [0.25, 0.3) is 0 Å². The summed E-state index contributed by atoms with van der Waals surface area (Å²) in [7, 11) is -4.05. The standard InChI is InChI=1S/C16H26F5NO4S/c1-14(2,3)26-13(23)22-9-4-6-12(22)7-5-10-27(24,25)11-8-15(17,18)16(19,20)21/h12H,4-11H2,1-3H3/t12-/m1/s1. The predicted molar refractivity (Wildman–Crippen MR) is 89.5 cm³/mol. The number of nitrogens with zero attached hydrogens (tertiary/aromatic N) is 1. The van der Waals surface area contributed by atoms with Crippen LogP contribution in [0.3, 0.4) is 0 Å². The number of rotatable bonds is 7. The molecule has 11 heteroatoms. The SMILES string of the molecule is CC(C)(C)OC(=O)N1CCC[C@@H]1CCCS(=O)(=O)CCC(F)(F)C(F)(F)F. The molecular weight excluding hydrogens is 397 g/mol. The zero-order chi connectivity index (χ0) is 21.1. The lowest BCUT2D eigenvalue weighted by Crippen LogP contribution is -2.40. The highest BCUT2D eigenvalue weighted by atomic mass is 32.2. The first kappa shape index (κ1) is 23.9. The van der Waals surface area contributed by atoms with Crippen molar-refractivity contribution in [2.45, 2.75) is 76.6 Å². The normalized spacial score (nSPS) is 19.4. The molecule has 0 unspecified atom stereocenters. The summed E-state index contributed by atoms with van der Waals surface area (Å²) in [5, 5.41) is 0. The number of carbonyl (C=O) groups excluding carboxylic acids is 1. The van der Waals surface area contributed by atoms with E-state index in [9.17, 15) is 35.2 Å². The molecule has 5 nitrogen and oxygen atoms in total. The molecule has 1 saturated heterocycles. The Bertz CT molecular complexity index is 613. The predicted octanol–water partition coefficient (Wildman–Crippen LogP) is 4.17.